The van der Waals surface area contributed by atoms with E-state index in [0.29, 0.717) is 23.5 Å². The molecule has 1 aromatic rings. The maximum absolute atomic E-state index is 12.7. The Kier molecular flexibility index (Phi) is 3.85. The van der Waals surface area contributed by atoms with E-state index in [1.54, 1.807) is 12.4 Å². The monoisotopic (exact) mass is 274 g/mol. The highest BCUT2D eigenvalue weighted by Gasteiger charge is 2.37. The number of rotatable bonds is 3. The molecule has 1 aliphatic heterocycles. The summed E-state index contributed by atoms with van der Waals surface area (Å²) in [7, 11) is 0. The van der Waals surface area contributed by atoms with Gasteiger partial charge in [-0.05, 0) is 38.5 Å². The van der Waals surface area contributed by atoms with Crippen molar-refractivity contribution in [3.8, 4) is 0 Å². The Morgan fingerprint density at radius 2 is 2.20 bits per heavy atom. The molecule has 2 unspecified atom stereocenters. The van der Waals surface area contributed by atoms with E-state index in [4.69, 9.17) is 0 Å². The SMILES string of the molecule is CCNc1cncc(C(=O)N2CCCC3CCCC32)n1. The topological polar surface area (TPSA) is 58.1 Å². The van der Waals surface area contributed by atoms with Crippen LogP contribution in [0.1, 0.15) is 49.5 Å². The molecule has 3 rings (SSSR count). The second-order valence-electron chi connectivity index (χ2n) is 5.72. The Morgan fingerprint density at radius 3 is 3.05 bits per heavy atom. The summed E-state index contributed by atoms with van der Waals surface area (Å²) in [5, 5.41) is 3.11. The molecule has 0 bridgehead atoms. The number of fused-ring (bicyclic) bond motifs is 1. The first-order valence-corrected chi connectivity index (χ1v) is 7.66. The molecule has 108 valence electrons. The molecule has 2 atom stereocenters. The van der Waals surface area contributed by atoms with Crippen LogP contribution in [0, 0.1) is 5.92 Å². The first-order chi connectivity index (χ1) is 9.79. The predicted octanol–water partition coefficient (Wildman–Crippen LogP) is 2.31. The molecular formula is C15H22N4O. The van der Waals surface area contributed by atoms with E-state index in [9.17, 15) is 4.79 Å². The number of nitrogens with zero attached hydrogens (tertiary/aromatic N) is 3. The minimum atomic E-state index is 0.0499. The van der Waals surface area contributed by atoms with E-state index in [1.165, 1.54) is 19.3 Å². The standard InChI is InChI=1S/C15H22N4O/c1-2-17-14-10-16-9-12(18-14)15(20)19-8-4-6-11-5-3-7-13(11)19/h9-11,13H,2-8H2,1H3,(H,17,18). The number of anilines is 1. The smallest absolute Gasteiger partial charge is 0.274 e. The molecule has 0 spiro atoms. The van der Waals surface area contributed by atoms with Gasteiger partial charge in [0.15, 0.2) is 0 Å². The zero-order valence-electron chi connectivity index (χ0n) is 12.0. The van der Waals surface area contributed by atoms with Crippen molar-refractivity contribution in [1.29, 1.82) is 0 Å². The Labute approximate surface area is 119 Å². The molecule has 0 radical (unpaired) electrons. The quantitative estimate of drug-likeness (QED) is 0.919. The minimum absolute atomic E-state index is 0.0499. The number of hydrogen-bond donors (Lipinski definition) is 1. The number of aromatic nitrogens is 2. The van der Waals surface area contributed by atoms with Gasteiger partial charge < -0.3 is 10.2 Å². The zero-order valence-corrected chi connectivity index (χ0v) is 12.0. The van der Waals surface area contributed by atoms with Crippen molar-refractivity contribution < 1.29 is 4.79 Å². The predicted molar refractivity (Wildman–Crippen MR) is 77.6 cm³/mol. The van der Waals surface area contributed by atoms with E-state index in [1.807, 2.05) is 11.8 Å². The number of nitrogens with one attached hydrogen (secondary N) is 1. The Bertz CT molecular complexity index is 491. The normalized spacial score (nSPS) is 25.4. The van der Waals surface area contributed by atoms with Crippen LogP contribution in [-0.4, -0.2) is 39.9 Å². The lowest BCUT2D eigenvalue weighted by atomic mass is 9.92. The van der Waals surface area contributed by atoms with Crippen molar-refractivity contribution in [1.82, 2.24) is 14.9 Å². The van der Waals surface area contributed by atoms with Gasteiger partial charge in [-0.15, -0.1) is 0 Å². The molecule has 1 saturated heterocycles. The van der Waals surface area contributed by atoms with E-state index in [0.717, 1.165) is 25.9 Å². The van der Waals surface area contributed by atoms with Crippen LogP contribution in [0.2, 0.25) is 0 Å². The van der Waals surface area contributed by atoms with Crippen LogP contribution in [0.3, 0.4) is 0 Å². The summed E-state index contributed by atoms with van der Waals surface area (Å²) in [6.07, 6.45) is 9.32. The molecule has 1 aliphatic carbocycles. The Hall–Kier alpha value is -1.65. The number of carbonyl (C=O) groups is 1. The van der Waals surface area contributed by atoms with E-state index in [2.05, 4.69) is 15.3 Å². The van der Waals surface area contributed by atoms with Crippen molar-refractivity contribution in [3.05, 3.63) is 18.1 Å². The molecular weight excluding hydrogens is 252 g/mol. The van der Waals surface area contributed by atoms with Crippen LogP contribution >= 0.6 is 0 Å². The summed E-state index contributed by atoms with van der Waals surface area (Å²) in [5.41, 5.74) is 0.469. The Morgan fingerprint density at radius 1 is 1.35 bits per heavy atom. The maximum atomic E-state index is 12.7. The number of piperidine rings is 1. The third kappa shape index (κ3) is 2.49. The molecule has 5 nitrogen and oxygen atoms in total. The first kappa shape index (κ1) is 13.3. The van der Waals surface area contributed by atoms with Crippen LogP contribution in [0.5, 0.6) is 0 Å². The van der Waals surface area contributed by atoms with Gasteiger partial charge in [0.2, 0.25) is 0 Å². The van der Waals surface area contributed by atoms with Crippen molar-refractivity contribution in [2.75, 3.05) is 18.4 Å². The number of hydrogen-bond acceptors (Lipinski definition) is 4. The highest BCUT2D eigenvalue weighted by atomic mass is 16.2. The summed E-state index contributed by atoms with van der Waals surface area (Å²) in [6.45, 7) is 3.65. The van der Waals surface area contributed by atoms with Gasteiger partial charge in [-0.25, -0.2) is 4.98 Å². The summed E-state index contributed by atoms with van der Waals surface area (Å²) < 4.78 is 0. The fraction of sp³-hybridized carbons (Fsp3) is 0.667. The zero-order chi connectivity index (χ0) is 13.9. The van der Waals surface area contributed by atoms with Crippen molar-refractivity contribution in [2.24, 2.45) is 5.92 Å². The number of amides is 1. The lowest BCUT2D eigenvalue weighted by molar-refractivity contribution is 0.0542. The van der Waals surface area contributed by atoms with Crippen LogP contribution in [-0.2, 0) is 0 Å². The summed E-state index contributed by atoms with van der Waals surface area (Å²) in [4.78, 5) is 23.3. The van der Waals surface area contributed by atoms with Crippen LogP contribution < -0.4 is 5.32 Å². The third-order valence-corrected chi connectivity index (χ3v) is 4.47. The summed E-state index contributed by atoms with van der Waals surface area (Å²) in [6, 6.07) is 0.431. The van der Waals surface area contributed by atoms with Crippen LogP contribution in [0.15, 0.2) is 12.4 Å². The average molecular weight is 274 g/mol. The molecule has 2 fully saturated rings. The Balaban J connectivity index is 1.79. The van der Waals surface area contributed by atoms with Crippen LogP contribution in [0.4, 0.5) is 5.82 Å². The van der Waals surface area contributed by atoms with Gasteiger partial charge in [-0.1, -0.05) is 6.42 Å². The first-order valence-electron chi connectivity index (χ1n) is 7.66. The van der Waals surface area contributed by atoms with E-state index in [-0.39, 0.29) is 5.91 Å². The van der Waals surface area contributed by atoms with E-state index >= 15 is 0 Å². The molecule has 20 heavy (non-hydrogen) atoms. The molecule has 2 aliphatic rings. The maximum Gasteiger partial charge on any atom is 0.274 e. The van der Waals surface area contributed by atoms with Crippen molar-refractivity contribution in [2.45, 2.75) is 45.1 Å². The van der Waals surface area contributed by atoms with Crippen LogP contribution in [0.25, 0.3) is 0 Å². The van der Waals surface area contributed by atoms with Gasteiger partial charge in [0, 0.05) is 19.1 Å². The minimum Gasteiger partial charge on any atom is -0.369 e. The summed E-state index contributed by atoms with van der Waals surface area (Å²) >= 11 is 0. The second-order valence-corrected chi connectivity index (χ2v) is 5.72. The van der Waals surface area contributed by atoms with Gasteiger partial charge in [-0.3, -0.25) is 9.78 Å². The third-order valence-electron chi connectivity index (χ3n) is 4.47. The molecule has 5 heteroatoms. The number of likely N-dealkylation sites (tertiary alicyclic amines) is 1. The molecule has 0 aromatic carbocycles. The van der Waals surface area contributed by atoms with Crippen molar-refractivity contribution >= 4 is 11.7 Å². The highest BCUT2D eigenvalue weighted by Crippen LogP contribution is 2.37. The average Bonchev–Trinajstić information content (AvgIpc) is 2.95. The van der Waals surface area contributed by atoms with Gasteiger partial charge in [0.05, 0.1) is 12.4 Å². The molecule has 2 heterocycles. The van der Waals surface area contributed by atoms with Gasteiger partial charge >= 0.3 is 0 Å². The fourth-order valence-electron chi connectivity index (χ4n) is 3.59. The molecule has 1 saturated carbocycles. The summed E-state index contributed by atoms with van der Waals surface area (Å²) in [5.74, 6) is 1.43. The highest BCUT2D eigenvalue weighted by molar-refractivity contribution is 5.92. The fourth-order valence-corrected chi connectivity index (χ4v) is 3.59. The lowest BCUT2D eigenvalue weighted by Gasteiger charge is -2.37. The van der Waals surface area contributed by atoms with E-state index < -0.39 is 0 Å². The van der Waals surface area contributed by atoms with Gasteiger partial charge in [0.1, 0.15) is 11.5 Å². The van der Waals surface area contributed by atoms with Crippen molar-refractivity contribution in [3.63, 3.8) is 0 Å². The molecule has 1 amide bonds. The van der Waals surface area contributed by atoms with Gasteiger partial charge in [0.25, 0.3) is 5.91 Å². The van der Waals surface area contributed by atoms with Gasteiger partial charge in [-0.2, -0.15) is 0 Å². The molecule has 1 N–H and O–H groups in total. The number of carbonyl (C=O) groups excluding carboxylic acids is 1. The molecule has 1 aromatic heterocycles. The second kappa shape index (κ2) is 5.77. The lowest BCUT2D eigenvalue weighted by Crippen LogP contribution is -2.46. The largest absolute Gasteiger partial charge is 0.369 e.